The molecule has 15 heavy (non-hydrogen) atoms. The Labute approximate surface area is 88.2 Å². The van der Waals surface area contributed by atoms with Crippen molar-refractivity contribution in [2.45, 2.75) is 11.4 Å². The molecule has 6 heteroatoms. The van der Waals surface area contributed by atoms with E-state index in [1.165, 1.54) is 12.5 Å². The van der Waals surface area contributed by atoms with E-state index in [0.717, 1.165) is 6.26 Å². The van der Waals surface area contributed by atoms with Crippen molar-refractivity contribution in [2.75, 3.05) is 6.26 Å². The molecule has 1 rings (SSSR count). The number of rotatable bonds is 4. The summed E-state index contributed by atoms with van der Waals surface area (Å²) in [5, 5.41) is -0.0132. The number of nitrogens with zero attached hydrogens (tertiary/aromatic N) is 1. The molecule has 0 saturated heterocycles. The van der Waals surface area contributed by atoms with Crippen LogP contribution in [0.5, 0.6) is 0 Å². The second kappa shape index (κ2) is 4.39. The van der Waals surface area contributed by atoms with Gasteiger partial charge in [-0.2, -0.15) is 0 Å². The Hall–Kier alpha value is -1.43. The van der Waals surface area contributed by atoms with Crippen LogP contribution in [-0.4, -0.2) is 25.6 Å². The number of carbonyl (C=O) groups excluding carboxylic acids is 1. The van der Waals surface area contributed by atoms with Gasteiger partial charge in [0.1, 0.15) is 0 Å². The van der Waals surface area contributed by atoms with Gasteiger partial charge in [-0.25, -0.2) is 13.4 Å². The quantitative estimate of drug-likeness (QED) is 0.778. The molecule has 1 heterocycles. The summed E-state index contributed by atoms with van der Waals surface area (Å²) in [6, 6.07) is 4.57. The Kier molecular flexibility index (Phi) is 3.41. The minimum atomic E-state index is -3.31. The van der Waals surface area contributed by atoms with Crippen molar-refractivity contribution in [1.29, 1.82) is 0 Å². The summed E-state index contributed by atoms with van der Waals surface area (Å²) < 4.78 is 22.3. The molecule has 5 nitrogen and oxygen atoms in total. The molecule has 0 aliphatic heterocycles. The third-order valence-electron chi connectivity index (χ3n) is 1.64. The summed E-state index contributed by atoms with van der Waals surface area (Å²) in [6.07, 6.45) is 2.60. The molecular weight excluding hydrogens is 216 g/mol. The predicted molar refractivity (Wildman–Crippen MR) is 54.6 cm³/mol. The summed E-state index contributed by atoms with van der Waals surface area (Å²) in [5.74, 6) is -0.485. The van der Waals surface area contributed by atoms with Gasteiger partial charge in [0.2, 0.25) is 5.91 Å². The second-order valence-electron chi connectivity index (χ2n) is 3.05. The van der Waals surface area contributed by atoms with Crippen molar-refractivity contribution in [3.8, 4) is 0 Å². The van der Waals surface area contributed by atoms with Gasteiger partial charge in [0.15, 0.2) is 14.9 Å². The molecule has 81 valence electrons. The maximum atomic E-state index is 11.2. The van der Waals surface area contributed by atoms with E-state index >= 15 is 0 Å². The number of primary amides is 1. The van der Waals surface area contributed by atoms with Crippen molar-refractivity contribution >= 4 is 15.7 Å². The molecule has 0 aliphatic carbocycles. The molecule has 2 N–H and O–H groups in total. The summed E-state index contributed by atoms with van der Waals surface area (Å²) in [7, 11) is -3.31. The first kappa shape index (κ1) is 11.6. The van der Waals surface area contributed by atoms with E-state index in [2.05, 4.69) is 4.98 Å². The highest BCUT2D eigenvalue weighted by molar-refractivity contribution is 7.90. The Morgan fingerprint density at radius 1 is 1.53 bits per heavy atom. The van der Waals surface area contributed by atoms with Gasteiger partial charge in [-0.3, -0.25) is 4.79 Å². The zero-order valence-corrected chi connectivity index (χ0v) is 8.99. The number of nitrogens with two attached hydrogens (primary N) is 1. The number of carbonyl (C=O) groups is 1. The normalized spacial score (nSPS) is 11.3. The van der Waals surface area contributed by atoms with Crippen molar-refractivity contribution < 1.29 is 13.2 Å². The van der Waals surface area contributed by atoms with Crippen LogP contribution in [0.15, 0.2) is 23.2 Å². The number of aromatic nitrogens is 1. The number of amides is 1. The van der Waals surface area contributed by atoms with E-state index in [4.69, 9.17) is 5.73 Å². The third-order valence-corrected chi connectivity index (χ3v) is 2.62. The van der Waals surface area contributed by atoms with Crippen LogP contribution in [0.3, 0.4) is 0 Å². The molecule has 1 radical (unpaired) electrons. The highest BCUT2D eigenvalue weighted by Crippen LogP contribution is 2.08. The number of hydrogen-bond acceptors (Lipinski definition) is 4. The fraction of sp³-hybridized carbons (Fsp3) is 0.222. The molecule has 0 aromatic carbocycles. The van der Waals surface area contributed by atoms with Gasteiger partial charge in [-0.1, -0.05) is 6.07 Å². The van der Waals surface area contributed by atoms with E-state index in [1.807, 2.05) is 0 Å². The monoisotopic (exact) mass is 227 g/mol. The maximum absolute atomic E-state index is 11.2. The van der Waals surface area contributed by atoms with E-state index in [9.17, 15) is 13.2 Å². The number of hydrogen-bond donors (Lipinski definition) is 1. The number of sulfone groups is 1. The average molecular weight is 227 g/mol. The van der Waals surface area contributed by atoms with Crippen molar-refractivity contribution in [3.63, 3.8) is 0 Å². The fourth-order valence-electron chi connectivity index (χ4n) is 0.956. The van der Waals surface area contributed by atoms with Gasteiger partial charge in [0, 0.05) is 24.8 Å². The van der Waals surface area contributed by atoms with Gasteiger partial charge in [0.25, 0.3) is 0 Å². The molecule has 0 saturated carbocycles. The van der Waals surface area contributed by atoms with Crippen LogP contribution in [-0.2, 0) is 14.6 Å². The molecule has 1 aromatic heterocycles. The second-order valence-corrected chi connectivity index (χ2v) is 5.01. The predicted octanol–water partition coefficient (Wildman–Crippen LogP) is -0.0871. The summed E-state index contributed by atoms with van der Waals surface area (Å²) in [6.45, 7) is 0. The van der Waals surface area contributed by atoms with Crippen LogP contribution >= 0.6 is 0 Å². The van der Waals surface area contributed by atoms with Crippen molar-refractivity contribution in [1.82, 2.24) is 4.98 Å². The van der Waals surface area contributed by atoms with Crippen LogP contribution in [0.25, 0.3) is 0 Å². The lowest BCUT2D eigenvalue weighted by Gasteiger charge is -2.01. The van der Waals surface area contributed by atoms with Crippen molar-refractivity contribution in [3.05, 3.63) is 30.3 Å². The molecular formula is C9H11N2O3S. The summed E-state index contributed by atoms with van der Waals surface area (Å²) in [5.41, 5.74) is 5.38. The molecule has 0 aliphatic rings. The van der Waals surface area contributed by atoms with E-state index in [-0.39, 0.29) is 11.4 Å². The molecule has 0 fully saturated rings. The fourth-order valence-corrected chi connectivity index (χ4v) is 1.55. The Morgan fingerprint density at radius 2 is 2.20 bits per heavy atom. The van der Waals surface area contributed by atoms with Gasteiger partial charge in [-0.05, 0) is 12.1 Å². The highest BCUT2D eigenvalue weighted by atomic mass is 32.2. The Balaban J connectivity index is 2.89. The first-order valence-electron chi connectivity index (χ1n) is 4.18. The molecule has 0 unspecified atom stereocenters. The zero-order valence-electron chi connectivity index (χ0n) is 8.17. The zero-order chi connectivity index (χ0) is 11.5. The van der Waals surface area contributed by atoms with Gasteiger partial charge < -0.3 is 5.73 Å². The Morgan fingerprint density at radius 3 is 2.73 bits per heavy atom. The first-order valence-corrected chi connectivity index (χ1v) is 6.07. The Bertz CT molecular complexity index is 468. The van der Waals surface area contributed by atoms with Crippen molar-refractivity contribution in [2.24, 2.45) is 5.73 Å². The van der Waals surface area contributed by atoms with E-state index in [1.54, 1.807) is 12.1 Å². The van der Waals surface area contributed by atoms with Gasteiger partial charge in [-0.15, -0.1) is 0 Å². The average Bonchev–Trinajstić information content (AvgIpc) is 2.14. The van der Waals surface area contributed by atoms with Crippen LogP contribution in [0, 0.1) is 6.42 Å². The SMILES string of the molecule is CS(=O)(=O)c1cccc([CH]CC(N)=O)n1. The molecule has 0 atom stereocenters. The standard InChI is InChI=1S/C9H11N2O3S/c1-15(13,14)9-4-2-3-7(11-9)5-6-8(10)12/h2-5H,6H2,1H3,(H2,10,12). The molecule has 0 spiro atoms. The first-order chi connectivity index (χ1) is 6.89. The van der Waals surface area contributed by atoms with E-state index < -0.39 is 15.7 Å². The van der Waals surface area contributed by atoms with Crippen LogP contribution < -0.4 is 5.73 Å². The minimum Gasteiger partial charge on any atom is -0.370 e. The molecule has 1 aromatic rings. The summed E-state index contributed by atoms with van der Waals surface area (Å²) in [4.78, 5) is 14.4. The summed E-state index contributed by atoms with van der Waals surface area (Å²) >= 11 is 0. The van der Waals surface area contributed by atoms with Gasteiger partial charge >= 0.3 is 0 Å². The maximum Gasteiger partial charge on any atom is 0.218 e. The minimum absolute atomic E-state index is 0.0132. The lowest BCUT2D eigenvalue weighted by molar-refractivity contribution is -0.117. The smallest absolute Gasteiger partial charge is 0.218 e. The lowest BCUT2D eigenvalue weighted by Crippen LogP contribution is -2.11. The third kappa shape index (κ3) is 3.67. The van der Waals surface area contributed by atoms with Crippen LogP contribution in [0.1, 0.15) is 12.1 Å². The van der Waals surface area contributed by atoms with Crippen LogP contribution in [0.2, 0.25) is 0 Å². The lowest BCUT2D eigenvalue weighted by atomic mass is 10.2. The van der Waals surface area contributed by atoms with E-state index in [0.29, 0.717) is 5.69 Å². The topological polar surface area (TPSA) is 90.1 Å². The molecule has 1 amide bonds. The van der Waals surface area contributed by atoms with Gasteiger partial charge in [0.05, 0.1) is 0 Å². The van der Waals surface area contributed by atoms with Crippen LogP contribution in [0.4, 0.5) is 0 Å². The highest BCUT2D eigenvalue weighted by Gasteiger charge is 2.09. The number of pyridine rings is 1. The largest absolute Gasteiger partial charge is 0.370 e. The molecule has 0 bridgehead atoms.